The van der Waals surface area contributed by atoms with E-state index < -0.39 is 0 Å². The quantitative estimate of drug-likeness (QED) is 0.595. The highest BCUT2D eigenvalue weighted by molar-refractivity contribution is 6.31. The van der Waals surface area contributed by atoms with Crippen LogP contribution in [0.2, 0.25) is 5.02 Å². The van der Waals surface area contributed by atoms with Gasteiger partial charge in [-0.3, -0.25) is 4.79 Å². The molecule has 0 radical (unpaired) electrons. The van der Waals surface area contributed by atoms with Crippen molar-refractivity contribution in [2.45, 2.75) is 19.4 Å². The average molecular weight is 362 g/mol. The van der Waals surface area contributed by atoms with Crippen molar-refractivity contribution in [3.63, 3.8) is 0 Å². The molecule has 3 aromatic carbocycles. The van der Waals surface area contributed by atoms with E-state index in [-0.39, 0.29) is 11.9 Å². The van der Waals surface area contributed by atoms with E-state index in [1.807, 2.05) is 66.4 Å². The van der Waals surface area contributed by atoms with Gasteiger partial charge in [-0.1, -0.05) is 72.3 Å². The second kappa shape index (κ2) is 6.97. The number of fused-ring (bicyclic) bond motifs is 1. The summed E-state index contributed by atoms with van der Waals surface area (Å²) in [7, 11) is 0. The molecule has 130 valence electrons. The molecule has 1 aliphatic heterocycles. The molecule has 4 rings (SSSR count). The number of hydrogen-bond acceptors (Lipinski definition) is 1. The van der Waals surface area contributed by atoms with Gasteiger partial charge in [0.2, 0.25) is 0 Å². The summed E-state index contributed by atoms with van der Waals surface area (Å²) in [6.07, 6.45) is 0.856. The Morgan fingerprint density at radius 3 is 2.35 bits per heavy atom. The normalized spacial score (nSPS) is 16.2. The first kappa shape index (κ1) is 16.9. The van der Waals surface area contributed by atoms with Crippen LogP contribution in [0, 0.1) is 6.92 Å². The van der Waals surface area contributed by atoms with Gasteiger partial charge in [0, 0.05) is 17.1 Å². The largest absolute Gasteiger partial charge is 0.327 e. The third kappa shape index (κ3) is 2.91. The van der Waals surface area contributed by atoms with Crippen molar-refractivity contribution in [2.24, 2.45) is 0 Å². The van der Waals surface area contributed by atoms with Crippen LogP contribution in [0.5, 0.6) is 0 Å². The number of carbonyl (C=O) groups is 1. The summed E-state index contributed by atoms with van der Waals surface area (Å²) in [6, 6.07) is 23.8. The number of rotatable bonds is 2. The van der Waals surface area contributed by atoms with Crippen LogP contribution in [0.1, 0.15) is 38.7 Å². The predicted molar refractivity (Wildman–Crippen MR) is 106 cm³/mol. The third-order valence-electron chi connectivity index (χ3n) is 5.12. The lowest BCUT2D eigenvalue weighted by Gasteiger charge is -2.38. The second-order valence-electron chi connectivity index (χ2n) is 6.69. The second-order valence-corrected chi connectivity index (χ2v) is 7.09. The predicted octanol–water partition coefficient (Wildman–Crippen LogP) is 5.44. The third-order valence-corrected chi connectivity index (χ3v) is 5.46. The molecule has 0 bridgehead atoms. The van der Waals surface area contributed by atoms with Crippen LogP contribution in [-0.4, -0.2) is 17.4 Å². The van der Waals surface area contributed by atoms with Crippen LogP contribution in [-0.2, 0) is 6.42 Å². The fourth-order valence-corrected chi connectivity index (χ4v) is 4.02. The summed E-state index contributed by atoms with van der Waals surface area (Å²) in [5.74, 6) is 0.0579. The van der Waals surface area contributed by atoms with Crippen LogP contribution in [0.3, 0.4) is 0 Å². The molecule has 0 spiro atoms. The highest BCUT2D eigenvalue weighted by atomic mass is 35.5. The Kier molecular flexibility index (Phi) is 4.52. The lowest BCUT2D eigenvalue weighted by atomic mass is 9.87. The van der Waals surface area contributed by atoms with E-state index in [1.54, 1.807) is 0 Å². The molecule has 2 nitrogen and oxygen atoms in total. The van der Waals surface area contributed by atoms with Gasteiger partial charge >= 0.3 is 0 Å². The first-order chi connectivity index (χ1) is 12.7. The Hall–Kier alpha value is -2.58. The van der Waals surface area contributed by atoms with Crippen LogP contribution in [0.25, 0.3) is 0 Å². The molecule has 1 amide bonds. The van der Waals surface area contributed by atoms with Gasteiger partial charge in [0.05, 0.1) is 6.04 Å². The minimum atomic E-state index is -0.166. The average Bonchev–Trinajstić information content (AvgIpc) is 2.67. The molecule has 0 saturated carbocycles. The zero-order chi connectivity index (χ0) is 18.1. The molecule has 3 heteroatoms. The Balaban J connectivity index is 1.85. The van der Waals surface area contributed by atoms with Gasteiger partial charge in [-0.25, -0.2) is 0 Å². The maximum absolute atomic E-state index is 13.4. The fraction of sp³-hybridized carbons (Fsp3) is 0.174. The fourth-order valence-electron chi connectivity index (χ4n) is 3.79. The summed E-state index contributed by atoms with van der Waals surface area (Å²) >= 11 is 6.53. The molecule has 0 saturated heterocycles. The van der Waals surface area contributed by atoms with E-state index in [4.69, 9.17) is 11.6 Å². The number of nitrogens with zero attached hydrogens (tertiary/aromatic N) is 1. The summed E-state index contributed by atoms with van der Waals surface area (Å²) in [4.78, 5) is 15.4. The minimum Gasteiger partial charge on any atom is -0.327 e. The number of carbonyl (C=O) groups excluding carboxylic acids is 1. The van der Waals surface area contributed by atoms with Crippen molar-refractivity contribution in [3.8, 4) is 0 Å². The Morgan fingerprint density at radius 2 is 1.58 bits per heavy atom. The first-order valence-corrected chi connectivity index (χ1v) is 9.23. The molecule has 0 N–H and O–H groups in total. The number of halogens is 1. The van der Waals surface area contributed by atoms with Gasteiger partial charge in [-0.05, 0) is 47.7 Å². The molecule has 0 aliphatic carbocycles. The number of hydrogen-bond donors (Lipinski definition) is 0. The van der Waals surface area contributed by atoms with Crippen molar-refractivity contribution in [3.05, 3.63) is 106 Å². The Labute approximate surface area is 159 Å². The first-order valence-electron chi connectivity index (χ1n) is 8.85. The van der Waals surface area contributed by atoms with E-state index in [0.717, 1.165) is 28.7 Å². The molecule has 1 aliphatic rings. The maximum atomic E-state index is 13.4. The van der Waals surface area contributed by atoms with Crippen LogP contribution in [0.4, 0.5) is 0 Å². The summed E-state index contributed by atoms with van der Waals surface area (Å²) in [5.41, 5.74) is 5.17. The lowest BCUT2D eigenvalue weighted by molar-refractivity contribution is 0.0694. The van der Waals surface area contributed by atoms with Crippen molar-refractivity contribution < 1.29 is 4.79 Å². The number of benzene rings is 3. The SMILES string of the molecule is Cc1ccccc1C(=O)N1CCc2ccccc2C1c1ccccc1Cl. The van der Waals surface area contributed by atoms with Crippen molar-refractivity contribution in [2.75, 3.05) is 6.54 Å². The maximum Gasteiger partial charge on any atom is 0.254 e. The van der Waals surface area contributed by atoms with E-state index in [2.05, 4.69) is 18.2 Å². The molecule has 1 unspecified atom stereocenters. The molecule has 26 heavy (non-hydrogen) atoms. The molecule has 3 aromatic rings. The van der Waals surface area contributed by atoms with Crippen molar-refractivity contribution >= 4 is 17.5 Å². The molecule has 0 aromatic heterocycles. The smallest absolute Gasteiger partial charge is 0.254 e. The zero-order valence-electron chi connectivity index (χ0n) is 14.7. The molecular weight excluding hydrogens is 342 g/mol. The standard InChI is InChI=1S/C23H20ClNO/c1-16-8-2-4-10-18(16)23(26)25-15-14-17-9-3-5-11-19(17)22(25)20-12-6-7-13-21(20)24/h2-13,22H,14-15H2,1H3. The highest BCUT2D eigenvalue weighted by Gasteiger charge is 2.33. The van der Waals surface area contributed by atoms with Gasteiger partial charge in [0.1, 0.15) is 0 Å². The molecular formula is C23H20ClNO. The summed E-state index contributed by atoms with van der Waals surface area (Å²) in [5, 5.41) is 0.691. The van der Waals surface area contributed by atoms with E-state index in [0.29, 0.717) is 11.6 Å². The summed E-state index contributed by atoms with van der Waals surface area (Å²) in [6.45, 7) is 2.66. The topological polar surface area (TPSA) is 20.3 Å². The van der Waals surface area contributed by atoms with Crippen LogP contribution >= 0.6 is 11.6 Å². The van der Waals surface area contributed by atoms with Gasteiger partial charge in [-0.2, -0.15) is 0 Å². The highest BCUT2D eigenvalue weighted by Crippen LogP contribution is 2.39. The number of aryl methyl sites for hydroxylation is 1. The van der Waals surface area contributed by atoms with Gasteiger partial charge in [-0.15, -0.1) is 0 Å². The Morgan fingerprint density at radius 1 is 0.923 bits per heavy atom. The van der Waals surface area contributed by atoms with Crippen molar-refractivity contribution in [1.82, 2.24) is 4.90 Å². The van der Waals surface area contributed by atoms with Gasteiger partial charge < -0.3 is 4.90 Å². The van der Waals surface area contributed by atoms with Crippen LogP contribution in [0.15, 0.2) is 72.8 Å². The molecule has 1 atom stereocenters. The zero-order valence-corrected chi connectivity index (χ0v) is 15.4. The van der Waals surface area contributed by atoms with E-state index >= 15 is 0 Å². The van der Waals surface area contributed by atoms with Crippen LogP contribution < -0.4 is 0 Å². The monoisotopic (exact) mass is 361 g/mol. The minimum absolute atomic E-state index is 0.0579. The van der Waals surface area contributed by atoms with Gasteiger partial charge in [0.25, 0.3) is 5.91 Å². The van der Waals surface area contributed by atoms with Gasteiger partial charge in [0.15, 0.2) is 0 Å². The number of amides is 1. The molecule has 1 heterocycles. The molecule has 0 fully saturated rings. The van der Waals surface area contributed by atoms with E-state index in [9.17, 15) is 4.79 Å². The Bertz CT molecular complexity index is 966. The lowest BCUT2D eigenvalue weighted by Crippen LogP contribution is -2.41. The van der Waals surface area contributed by atoms with E-state index in [1.165, 1.54) is 5.56 Å². The summed E-state index contributed by atoms with van der Waals surface area (Å²) < 4.78 is 0. The van der Waals surface area contributed by atoms with Crippen molar-refractivity contribution in [1.29, 1.82) is 0 Å².